The van der Waals surface area contributed by atoms with Crippen LogP contribution in [0.25, 0.3) is 0 Å². The number of nitrogens with zero attached hydrogens (tertiary/aromatic N) is 1. The smallest absolute Gasteiger partial charge is 0.335 e. The first-order valence-electron chi connectivity index (χ1n) is 6.95. The van der Waals surface area contributed by atoms with Crippen LogP contribution < -0.4 is 5.73 Å². The summed E-state index contributed by atoms with van der Waals surface area (Å²) in [6, 6.07) is 3.71. The highest BCUT2D eigenvalue weighted by Crippen LogP contribution is 2.29. The third-order valence-electron chi connectivity index (χ3n) is 4.00. The van der Waals surface area contributed by atoms with E-state index < -0.39 is 16.0 Å². The average Bonchev–Trinajstić information content (AvgIpc) is 2.46. The Kier molecular flexibility index (Phi) is 4.53. The Hall–Kier alpha value is -1.60. The van der Waals surface area contributed by atoms with E-state index in [0.29, 0.717) is 0 Å². The zero-order valence-electron chi connectivity index (χ0n) is 11.9. The molecule has 0 saturated heterocycles. The first kappa shape index (κ1) is 15.8. The van der Waals surface area contributed by atoms with Gasteiger partial charge in [0.05, 0.1) is 11.3 Å². The topological polar surface area (TPSA) is 101 Å². The van der Waals surface area contributed by atoms with Crippen molar-refractivity contribution in [3.8, 4) is 0 Å². The SMILES string of the molecule is CN(C1CCCCC1)S(=O)(=O)c1ccc(C(=O)O)cc1N. The maximum absolute atomic E-state index is 12.6. The van der Waals surface area contributed by atoms with E-state index >= 15 is 0 Å². The van der Waals surface area contributed by atoms with Gasteiger partial charge in [0.1, 0.15) is 4.90 Å². The minimum atomic E-state index is -3.70. The lowest BCUT2D eigenvalue weighted by Gasteiger charge is -2.30. The molecule has 7 heteroatoms. The Morgan fingerprint density at radius 3 is 2.43 bits per heavy atom. The van der Waals surface area contributed by atoms with Crippen molar-refractivity contribution in [3.05, 3.63) is 23.8 Å². The minimum Gasteiger partial charge on any atom is -0.478 e. The van der Waals surface area contributed by atoms with Gasteiger partial charge in [0.25, 0.3) is 0 Å². The molecule has 0 amide bonds. The molecule has 1 aliphatic rings. The molecule has 0 unspecified atom stereocenters. The monoisotopic (exact) mass is 312 g/mol. The van der Waals surface area contributed by atoms with Crippen LogP contribution in [-0.4, -0.2) is 36.9 Å². The molecule has 1 saturated carbocycles. The fraction of sp³-hybridized carbons (Fsp3) is 0.500. The van der Waals surface area contributed by atoms with Crippen LogP contribution >= 0.6 is 0 Å². The van der Waals surface area contributed by atoms with Crippen molar-refractivity contribution in [2.45, 2.75) is 43.0 Å². The number of anilines is 1. The van der Waals surface area contributed by atoms with Gasteiger partial charge < -0.3 is 10.8 Å². The summed E-state index contributed by atoms with van der Waals surface area (Å²) in [5.74, 6) is -1.13. The van der Waals surface area contributed by atoms with Crippen LogP contribution in [0.3, 0.4) is 0 Å². The molecule has 2 rings (SSSR count). The average molecular weight is 312 g/mol. The molecular formula is C14H20N2O4S. The van der Waals surface area contributed by atoms with Crippen molar-refractivity contribution in [1.82, 2.24) is 4.31 Å². The molecule has 3 N–H and O–H groups in total. The third-order valence-corrected chi connectivity index (χ3v) is 5.99. The molecule has 1 aromatic rings. The van der Waals surface area contributed by atoms with E-state index in [4.69, 9.17) is 10.8 Å². The number of carbonyl (C=O) groups is 1. The quantitative estimate of drug-likeness (QED) is 0.827. The van der Waals surface area contributed by atoms with E-state index in [1.807, 2.05) is 0 Å². The third kappa shape index (κ3) is 3.19. The Morgan fingerprint density at radius 2 is 1.90 bits per heavy atom. The molecule has 0 heterocycles. The first-order chi connectivity index (χ1) is 9.84. The number of carboxylic acid groups (broad SMARTS) is 1. The molecule has 0 aliphatic heterocycles. The minimum absolute atomic E-state index is 0.0118. The predicted octanol–water partition coefficient (Wildman–Crippen LogP) is 1.92. The lowest BCUT2D eigenvalue weighted by Crippen LogP contribution is -2.38. The second kappa shape index (κ2) is 6.03. The van der Waals surface area contributed by atoms with E-state index in [-0.39, 0.29) is 22.2 Å². The number of benzene rings is 1. The van der Waals surface area contributed by atoms with Crippen molar-refractivity contribution in [1.29, 1.82) is 0 Å². The fourth-order valence-electron chi connectivity index (χ4n) is 2.71. The van der Waals surface area contributed by atoms with Crippen LogP contribution in [0, 0.1) is 0 Å². The van der Waals surface area contributed by atoms with Crippen molar-refractivity contribution in [2.24, 2.45) is 0 Å². The Labute approximate surface area is 124 Å². The molecule has 6 nitrogen and oxygen atoms in total. The van der Waals surface area contributed by atoms with Gasteiger partial charge in [0.2, 0.25) is 10.0 Å². The molecular weight excluding hydrogens is 292 g/mol. The largest absolute Gasteiger partial charge is 0.478 e. The normalized spacial score (nSPS) is 17.0. The van der Waals surface area contributed by atoms with E-state index in [9.17, 15) is 13.2 Å². The first-order valence-corrected chi connectivity index (χ1v) is 8.39. The van der Waals surface area contributed by atoms with Crippen LogP contribution in [-0.2, 0) is 10.0 Å². The molecule has 0 bridgehead atoms. The summed E-state index contributed by atoms with van der Waals surface area (Å²) < 4.78 is 26.6. The van der Waals surface area contributed by atoms with Crippen molar-refractivity contribution in [3.63, 3.8) is 0 Å². The van der Waals surface area contributed by atoms with E-state index in [2.05, 4.69) is 0 Å². The van der Waals surface area contributed by atoms with Crippen LogP contribution in [0.2, 0.25) is 0 Å². The van der Waals surface area contributed by atoms with E-state index in [0.717, 1.165) is 32.1 Å². The van der Waals surface area contributed by atoms with Gasteiger partial charge in [-0.05, 0) is 31.0 Å². The zero-order valence-corrected chi connectivity index (χ0v) is 12.8. The molecule has 116 valence electrons. The molecule has 1 aliphatic carbocycles. The Bertz CT molecular complexity index is 636. The second-order valence-electron chi connectivity index (χ2n) is 5.37. The fourth-order valence-corrected chi connectivity index (χ4v) is 4.22. The second-order valence-corrected chi connectivity index (χ2v) is 7.34. The van der Waals surface area contributed by atoms with Crippen LogP contribution in [0.5, 0.6) is 0 Å². The van der Waals surface area contributed by atoms with Gasteiger partial charge in [-0.3, -0.25) is 0 Å². The van der Waals surface area contributed by atoms with Crippen LogP contribution in [0.4, 0.5) is 5.69 Å². The van der Waals surface area contributed by atoms with E-state index in [1.165, 1.54) is 22.5 Å². The van der Waals surface area contributed by atoms with Gasteiger partial charge in [-0.1, -0.05) is 19.3 Å². The van der Waals surface area contributed by atoms with Gasteiger partial charge in [0.15, 0.2) is 0 Å². The van der Waals surface area contributed by atoms with Gasteiger partial charge in [-0.25, -0.2) is 13.2 Å². The Balaban J connectivity index is 2.32. The summed E-state index contributed by atoms with van der Waals surface area (Å²) in [5.41, 5.74) is 5.69. The molecule has 1 aromatic carbocycles. The summed E-state index contributed by atoms with van der Waals surface area (Å²) in [7, 11) is -2.13. The number of nitrogens with two attached hydrogens (primary N) is 1. The molecule has 0 spiro atoms. The van der Waals surface area contributed by atoms with Gasteiger partial charge in [-0.15, -0.1) is 0 Å². The van der Waals surface area contributed by atoms with Crippen molar-refractivity contribution >= 4 is 21.7 Å². The van der Waals surface area contributed by atoms with Crippen molar-refractivity contribution in [2.75, 3.05) is 12.8 Å². The number of aromatic carboxylic acids is 1. The highest BCUT2D eigenvalue weighted by Gasteiger charge is 2.30. The zero-order chi connectivity index (χ0) is 15.6. The molecule has 0 aromatic heterocycles. The number of rotatable bonds is 4. The summed E-state index contributed by atoms with van der Waals surface area (Å²) in [6.45, 7) is 0. The van der Waals surface area contributed by atoms with E-state index in [1.54, 1.807) is 7.05 Å². The van der Waals surface area contributed by atoms with Crippen LogP contribution in [0.1, 0.15) is 42.5 Å². The number of carboxylic acids is 1. The number of hydrogen-bond donors (Lipinski definition) is 2. The molecule has 0 radical (unpaired) electrons. The maximum Gasteiger partial charge on any atom is 0.335 e. The lowest BCUT2D eigenvalue weighted by atomic mass is 9.96. The molecule has 1 fully saturated rings. The number of sulfonamides is 1. The Morgan fingerprint density at radius 1 is 1.29 bits per heavy atom. The number of nitrogen functional groups attached to an aromatic ring is 1. The summed E-state index contributed by atoms with van der Waals surface area (Å²) in [6.07, 6.45) is 4.89. The lowest BCUT2D eigenvalue weighted by molar-refractivity contribution is 0.0697. The molecule has 0 atom stereocenters. The highest BCUT2D eigenvalue weighted by molar-refractivity contribution is 7.89. The summed E-state index contributed by atoms with van der Waals surface area (Å²) in [4.78, 5) is 10.9. The van der Waals surface area contributed by atoms with Gasteiger partial charge in [-0.2, -0.15) is 4.31 Å². The molecule has 21 heavy (non-hydrogen) atoms. The highest BCUT2D eigenvalue weighted by atomic mass is 32.2. The standard InChI is InChI=1S/C14H20N2O4S/c1-16(11-5-3-2-4-6-11)21(19,20)13-8-7-10(14(17)18)9-12(13)15/h7-9,11H,2-6,15H2,1H3,(H,17,18). The van der Waals surface area contributed by atoms with Crippen molar-refractivity contribution < 1.29 is 18.3 Å². The number of hydrogen-bond acceptors (Lipinski definition) is 4. The van der Waals surface area contributed by atoms with Gasteiger partial charge in [0, 0.05) is 13.1 Å². The van der Waals surface area contributed by atoms with Crippen LogP contribution in [0.15, 0.2) is 23.1 Å². The summed E-state index contributed by atoms with van der Waals surface area (Å²) in [5, 5.41) is 8.90. The maximum atomic E-state index is 12.6. The van der Waals surface area contributed by atoms with Gasteiger partial charge >= 0.3 is 5.97 Å². The predicted molar refractivity (Wildman–Crippen MR) is 79.6 cm³/mol. The summed E-state index contributed by atoms with van der Waals surface area (Å²) >= 11 is 0.